The second kappa shape index (κ2) is 7.76. The summed E-state index contributed by atoms with van der Waals surface area (Å²) in [5.41, 5.74) is -0.0513. The predicted octanol–water partition coefficient (Wildman–Crippen LogP) is 1.08. The molecule has 2 fully saturated rings. The van der Waals surface area contributed by atoms with E-state index in [4.69, 9.17) is 0 Å². The third kappa shape index (κ3) is 4.04. The van der Waals surface area contributed by atoms with Gasteiger partial charge in [0.1, 0.15) is 0 Å². The van der Waals surface area contributed by atoms with E-state index in [0.717, 1.165) is 38.5 Å². The number of hydrogen-bond donors (Lipinski definition) is 0. The van der Waals surface area contributed by atoms with Crippen molar-refractivity contribution in [3.63, 3.8) is 0 Å². The van der Waals surface area contributed by atoms with E-state index in [9.17, 15) is 13.2 Å². The Hall–Kier alpha value is -1.25. The molecule has 134 valence electrons. The van der Waals surface area contributed by atoms with Crippen molar-refractivity contribution in [3.8, 4) is 0 Å². The van der Waals surface area contributed by atoms with Gasteiger partial charge in [-0.1, -0.05) is 12.8 Å². The second-order valence-corrected chi connectivity index (χ2v) is 8.66. The second-order valence-electron chi connectivity index (χ2n) is 6.73. The molecular weight excluding hydrogens is 328 g/mol. The van der Waals surface area contributed by atoms with Crippen LogP contribution in [0.4, 0.5) is 0 Å². The number of piperidine rings is 1. The largest absolute Gasteiger partial charge is 0.299 e. The average molecular weight is 354 g/mol. The summed E-state index contributed by atoms with van der Waals surface area (Å²) in [5, 5.41) is 0. The lowest BCUT2D eigenvalue weighted by atomic mass is 9.98. The molecule has 0 atom stereocenters. The zero-order valence-corrected chi connectivity index (χ0v) is 14.8. The fourth-order valence-electron chi connectivity index (χ4n) is 3.55. The molecule has 0 bridgehead atoms. The zero-order chi connectivity index (χ0) is 17.0. The summed E-state index contributed by atoms with van der Waals surface area (Å²) >= 11 is 0. The molecule has 2 aliphatic heterocycles. The molecule has 2 aliphatic rings. The highest BCUT2D eigenvalue weighted by molar-refractivity contribution is 7.86. The monoisotopic (exact) mass is 354 g/mol. The van der Waals surface area contributed by atoms with Crippen molar-refractivity contribution >= 4 is 10.2 Å². The van der Waals surface area contributed by atoms with Gasteiger partial charge in [-0.05, 0) is 31.6 Å². The summed E-state index contributed by atoms with van der Waals surface area (Å²) in [6, 6.07) is 1.46. The summed E-state index contributed by atoms with van der Waals surface area (Å²) in [6.45, 7) is 2.99. The van der Waals surface area contributed by atoms with E-state index in [1.54, 1.807) is 19.5 Å². The van der Waals surface area contributed by atoms with Crippen molar-refractivity contribution in [1.29, 1.82) is 0 Å². The van der Waals surface area contributed by atoms with E-state index < -0.39 is 10.2 Å². The normalized spacial score (nSPS) is 22.3. The average Bonchev–Trinajstić information content (AvgIpc) is 2.87. The highest BCUT2D eigenvalue weighted by Gasteiger charge is 2.33. The van der Waals surface area contributed by atoms with Crippen LogP contribution in [-0.4, -0.2) is 52.8 Å². The zero-order valence-electron chi connectivity index (χ0n) is 14.0. The Morgan fingerprint density at radius 2 is 1.62 bits per heavy atom. The first kappa shape index (κ1) is 17.6. The van der Waals surface area contributed by atoms with Gasteiger partial charge in [-0.2, -0.15) is 17.0 Å². The fraction of sp³-hybridized carbons (Fsp3) is 0.750. The topological polar surface area (TPSA) is 75.5 Å². The summed E-state index contributed by atoms with van der Waals surface area (Å²) in [5.74, 6) is 0.322. The molecule has 2 saturated heterocycles. The van der Waals surface area contributed by atoms with Crippen LogP contribution in [0.1, 0.15) is 38.5 Å². The molecule has 0 amide bonds. The van der Waals surface area contributed by atoms with Crippen LogP contribution in [0, 0.1) is 5.92 Å². The fourth-order valence-corrected chi connectivity index (χ4v) is 5.27. The van der Waals surface area contributed by atoms with E-state index in [1.807, 2.05) is 0 Å². The Morgan fingerprint density at radius 3 is 2.25 bits per heavy atom. The molecule has 0 aliphatic carbocycles. The van der Waals surface area contributed by atoms with Gasteiger partial charge >= 0.3 is 0 Å². The van der Waals surface area contributed by atoms with Crippen LogP contribution in [0.3, 0.4) is 0 Å². The molecule has 1 aromatic heterocycles. The van der Waals surface area contributed by atoms with E-state index in [2.05, 4.69) is 4.98 Å². The molecule has 0 radical (unpaired) electrons. The molecular formula is C16H26N4O3S. The highest BCUT2D eigenvalue weighted by Crippen LogP contribution is 2.24. The molecule has 0 aromatic carbocycles. The molecule has 7 nitrogen and oxygen atoms in total. The summed E-state index contributed by atoms with van der Waals surface area (Å²) in [6.07, 6.45) is 8.78. The standard InChI is InChI=1S/C16H26N4O3S/c21-16-5-8-17-14-18(16)13-15-6-11-20(12-7-15)24(22,23)19-9-3-1-2-4-10-19/h5,8,14-15H,1-4,6-7,9-13H2. The van der Waals surface area contributed by atoms with Crippen LogP contribution in [0.2, 0.25) is 0 Å². The first-order chi connectivity index (χ1) is 11.6. The highest BCUT2D eigenvalue weighted by atomic mass is 32.2. The maximum absolute atomic E-state index is 12.8. The molecule has 0 saturated carbocycles. The van der Waals surface area contributed by atoms with E-state index in [0.29, 0.717) is 38.6 Å². The molecule has 8 heteroatoms. The van der Waals surface area contributed by atoms with Gasteiger partial charge in [-0.3, -0.25) is 9.36 Å². The SMILES string of the molecule is O=c1ccncn1CC1CCN(S(=O)(=O)N2CCCCCC2)CC1. The third-order valence-electron chi connectivity index (χ3n) is 5.04. The number of rotatable bonds is 4. The van der Waals surface area contributed by atoms with Gasteiger partial charge in [-0.15, -0.1) is 0 Å². The smallest absolute Gasteiger partial charge is 0.281 e. The Kier molecular flexibility index (Phi) is 5.68. The van der Waals surface area contributed by atoms with E-state index >= 15 is 0 Å². The summed E-state index contributed by atoms with van der Waals surface area (Å²) in [4.78, 5) is 15.8. The Bertz CT molecular complexity index is 687. The lowest BCUT2D eigenvalue weighted by Crippen LogP contribution is -2.48. The van der Waals surface area contributed by atoms with Gasteiger partial charge in [0.15, 0.2) is 0 Å². The quantitative estimate of drug-likeness (QED) is 0.811. The maximum atomic E-state index is 12.8. The van der Waals surface area contributed by atoms with Crippen molar-refractivity contribution in [2.75, 3.05) is 26.2 Å². The first-order valence-electron chi connectivity index (χ1n) is 8.83. The van der Waals surface area contributed by atoms with Crippen LogP contribution >= 0.6 is 0 Å². The molecule has 0 unspecified atom stereocenters. The minimum absolute atomic E-state index is 0.0513. The van der Waals surface area contributed by atoms with Crippen molar-refractivity contribution in [2.45, 2.75) is 45.1 Å². The van der Waals surface area contributed by atoms with Crippen LogP contribution in [0.25, 0.3) is 0 Å². The predicted molar refractivity (Wildman–Crippen MR) is 91.8 cm³/mol. The van der Waals surface area contributed by atoms with Crippen molar-refractivity contribution in [3.05, 3.63) is 28.9 Å². The molecule has 0 N–H and O–H groups in total. The van der Waals surface area contributed by atoms with Gasteiger partial charge in [0.2, 0.25) is 0 Å². The molecule has 3 heterocycles. The van der Waals surface area contributed by atoms with Crippen LogP contribution < -0.4 is 5.56 Å². The van der Waals surface area contributed by atoms with Crippen molar-refractivity contribution < 1.29 is 8.42 Å². The number of aromatic nitrogens is 2. The first-order valence-corrected chi connectivity index (χ1v) is 10.2. The number of nitrogens with zero attached hydrogens (tertiary/aromatic N) is 4. The van der Waals surface area contributed by atoms with Gasteiger partial charge in [0.25, 0.3) is 15.8 Å². The molecule has 3 rings (SSSR count). The van der Waals surface area contributed by atoms with Crippen LogP contribution in [0.5, 0.6) is 0 Å². The Morgan fingerprint density at radius 1 is 1.00 bits per heavy atom. The molecule has 24 heavy (non-hydrogen) atoms. The minimum Gasteiger partial charge on any atom is -0.299 e. The van der Waals surface area contributed by atoms with Gasteiger partial charge in [0, 0.05) is 45.0 Å². The van der Waals surface area contributed by atoms with Gasteiger partial charge < -0.3 is 0 Å². The van der Waals surface area contributed by atoms with Crippen LogP contribution in [0.15, 0.2) is 23.4 Å². The summed E-state index contributed by atoms with van der Waals surface area (Å²) in [7, 11) is -3.33. The van der Waals surface area contributed by atoms with Gasteiger partial charge in [-0.25, -0.2) is 4.98 Å². The van der Waals surface area contributed by atoms with Crippen LogP contribution in [-0.2, 0) is 16.8 Å². The Balaban J connectivity index is 1.58. The maximum Gasteiger partial charge on any atom is 0.281 e. The number of hydrogen-bond acceptors (Lipinski definition) is 4. The third-order valence-corrected chi connectivity index (χ3v) is 7.07. The lowest BCUT2D eigenvalue weighted by molar-refractivity contribution is 0.236. The van der Waals surface area contributed by atoms with Gasteiger partial charge in [0.05, 0.1) is 6.33 Å². The van der Waals surface area contributed by atoms with E-state index in [1.165, 1.54) is 12.3 Å². The van der Waals surface area contributed by atoms with E-state index in [-0.39, 0.29) is 5.56 Å². The Labute approximate surface area is 143 Å². The van der Waals surface area contributed by atoms with Crippen molar-refractivity contribution in [1.82, 2.24) is 18.2 Å². The minimum atomic E-state index is -3.33. The molecule has 0 spiro atoms. The van der Waals surface area contributed by atoms with Crippen molar-refractivity contribution in [2.24, 2.45) is 5.92 Å². The lowest BCUT2D eigenvalue weighted by Gasteiger charge is -2.34. The summed E-state index contributed by atoms with van der Waals surface area (Å²) < 4.78 is 30.5. The molecule has 1 aromatic rings.